The minimum Gasteiger partial charge on any atom is -0.372 e. The molecule has 1 aromatic rings. The summed E-state index contributed by atoms with van der Waals surface area (Å²) in [7, 11) is 1.82. The first kappa shape index (κ1) is 11.3. The van der Waals surface area contributed by atoms with Crippen LogP contribution in [0, 0.1) is 5.82 Å². The lowest BCUT2D eigenvalue weighted by Crippen LogP contribution is -2.21. The molecule has 1 aromatic carbocycles. The van der Waals surface area contributed by atoms with Gasteiger partial charge in [0, 0.05) is 18.6 Å². The summed E-state index contributed by atoms with van der Waals surface area (Å²) in [5.74, 6) is -0.256. The third-order valence-electron chi connectivity index (χ3n) is 2.02. The van der Waals surface area contributed by atoms with Crippen molar-refractivity contribution in [3.05, 3.63) is 29.0 Å². The Kier molecular flexibility index (Phi) is 4.17. The average Bonchev–Trinajstić information content (AvgIpc) is 2.18. The Hall–Kier alpha value is -0.800. The molecule has 0 aromatic heterocycles. The van der Waals surface area contributed by atoms with Gasteiger partial charge in [-0.3, -0.25) is 0 Å². The number of hydrogen-bond donors (Lipinski definition) is 1. The standard InChI is InChI=1S/C10H14ClFN2/c1-14(6-2-5-13)10-7-8(11)3-4-9(10)12/h3-4,7H,2,5-6,13H2,1H3. The molecular weight excluding hydrogens is 203 g/mol. The van der Waals surface area contributed by atoms with Crippen LogP contribution < -0.4 is 10.6 Å². The summed E-state index contributed by atoms with van der Waals surface area (Å²) in [6.45, 7) is 1.33. The summed E-state index contributed by atoms with van der Waals surface area (Å²) < 4.78 is 13.3. The van der Waals surface area contributed by atoms with E-state index >= 15 is 0 Å². The third kappa shape index (κ3) is 2.86. The number of hydrogen-bond acceptors (Lipinski definition) is 2. The first-order valence-corrected chi connectivity index (χ1v) is 4.89. The van der Waals surface area contributed by atoms with E-state index < -0.39 is 0 Å². The minimum absolute atomic E-state index is 0.256. The number of rotatable bonds is 4. The monoisotopic (exact) mass is 216 g/mol. The fourth-order valence-corrected chi connectivity index (χ4v) is 1.39. The van der Waals surface area contributed by atoms with E-state index in [1.165, 1.54) is 12.1 Å². The lowest BCUT2D eigenvalue weighted by Gasteiger charge is -2.19. The fourth-order valence-electron chi connectivity index (χ4n) is 1.23. The lowest BCUT2D eigenvalue weighted by molar-refractivity contribution is 0.620. The van der Waals surface area contributed by atoms with Gasteiger partial charge in [-0.1, -0.05) is 11.6 Å². The van der Waals surface area contributed by atoms with Crippen molar-refractivity contribution >= 4 is 17.3 Å². The number of anilines is 1. The van der Waals surface area contributed by atoms with Crippen LogP contribution in [0.4, 0.5) is 10.1 Å². The number of benzene rings is 1. The Morgan fingerprint density at radius 3 is 2.86 bits per heavy atom. The van der Waals surface area contributed by atoms with Gasteiger partial charge in [-0.15, -0.1) is 0 Å². The Bertz CT molecular complexity index is 304. The van der Waals surface area contributed by atoms with Crippen molar-refractivity contribution in [3.63, 3.8) is 0 Å². The maximum atomic E-state index is 13.3. The summed E-state index contributed by atoms with van der Waals surface area (Å²) in [6.07, 6.45) is 0.836. The van der Waals surface area contributed by atoms with Gasteiger partial charge in [0.05, 0.1) is 5.69 Å². The predicted octanol–water partition coefficient (Wildman–Crippen LogP) is 2.26. The molecular formula is C10H14ClFN2. The molecule has 0 amide bonds. The topological polar surface area (TPSA) is 29.3 Å². The summed E-state index contributed by atoms with van der Waals surface area (Å²) >= 11 is 5.78. The molecule has 0 unspecified atom stereocenters. The molecule has 0 fully saturated rings. The average molecular weight is 217 g/mol. The highest BCUT2D eigenvalue weighted by molar-refractivity contribution is 6.30. The second-order valence-electron chi connectivity index (χ2n) is 3.16. The van der Waals surface area contributed by atoms with Crippen molar-refractivity contribution < 1.29 is 4.39 Å². The molecule has 2 N–H and O–H groups in total. The molecule has 2 nitrogen and oxygen atoms in total. The van der Waals surface area contributed by atoms with Crippen LogP contribution in [-0.2, 0) is 0 Å². The van der Waals surface area contributed by atoms with Gasteiger partial charge in [0.1, 0.15) is 5.82 Å². The molecule has 14 heavy (non-hydrogen) atoms. The van der Waals surface area contributed by atoms with Crippen LogP contribution in [0.5, 0.6) is 0 Å². The Morgan fingerprint density at radius 1 is 1.50 bits per heavy atom. The zero-order valence-electron chi connectivity index (χ0n) is 8.13. The summed E-state index contributed by atoms with van der Waals surface area (Å²) in [5, 5.41) is 0.543. The first-order valence-electron chi connectivity index (χ1n) is 4.51. The highest BCUT2D eigenvalue weighted by Gasteiger charge is 2.07. The molecule has 78 valence electrons. The van der Waals surface area contributed by atoms with Gasteiger partial charge in [-0.25, -0.2) is 4.39 Å². The van der Waals surface area contributed by atoms with Crippen LogP contribution in [0.15, 0.2) is 18.2 Å². The first-order chi connectivity index (χ1) is 6.65. The number of halogens is 2. The third-order valence-corrected chi connectivity index (χ3v) is 2.25. The van der Waals surface area contributed by atoms with Crippen LogP contribution in [0.2, 0.25) is 5.02 Å². The molecule has 0 bridgehead atoms. The molecule has 0 atom stereocenters. The maximum absolute atomic E-state index is 13.3. The van der Waals surface area contributed by atoms with E-state index in [1.54, 1.807) is 6.07 Å². The van der Waals surface area contributed by atoms with Crippen molar-refractivity contribution in [1.29, 1.82) is 0 Å². The Labute approximate surface area is 88.5 Å². The highest BCUT2D eigenvalue weighted by atomic mass is 35.5. The van der Waals surface area contributed by atoms with E-state index in [1.807, 2.05) is 11.9 Å². The summed E-state index contributed by atoms with van der Waals surface area (Å²) in [5.41, 5.74) is 5.90. The molecule has 0 radical (unpaired) electrons. The van der Waals surface area contributed by atoms with Crippen molar-refractivity contribution in [2.45, 2.75) is 6.42 Å². The van der Waals surface area contributed by atoms with E-state index in [-0.39, 0.29) is 5.82 Å². The van der Waals surface area contributed by atoms with E-state index in [0.717, 1.165) is 13.0 Å². The minimum atomic E-state index is -0.256. The number of nitrogens with zero attached hydrogens (tertiary/aromatic N) is 1. The van der Waals surface area contributed by atoms with Gasteiger partial charge in [0.15, 0.2) is 0 Å². The van der Waals surface area contributed by atoms with Gasteiger partial charge in [-0.2, -0.15) is 0 Å². The van der Waals surface area contributed by atoms with Gasteiger partial charge in [0.2, 0.25) is 0 Å². The SMILES string of the molecule is CN(CCCN)c1cc(Cl)ccc1F. The van der Waals surface area contributed by atoms with Crippen molar-refractivity contribution in [1.82, 2.24) is 0 Å². The summed E-state index contributed by atoms with van der Waals surface area (Å²) in [4.78, 5) is 1.81. The molecule has 0 heterocycles. The van der Waals surface area contributed by atoms with Crippen molar-refractivity contribution in [2.75, 3.05) is 25.0 Å². The van der Waals surface area contributed by atoms with Crippen LogP contribution >= 0.6 is 11.6 Å². The molecule has 1 rings (SSSR count). The molecule has 0 saturated carbocycles. The van der Waals surface area contributed by atoms with Gasteiger partial charge in [0.25, 0.3) is 0 Å². The Balaban J connectivity index is 2.77. The smallest absolute Gasteiger partial charge is 0.146 e. The van der Waals surface area contributed by atoms with Gasteiger partial charge < -0.3 is 10.6 Å². The normalized spacial score (nSPS) is 10.3. The molecule has 0 aliphatic rings. The molecule has 0 aliphatic carbocycles. The predicted molar refractivity (Wildman–Crippen MR) is 58.4 cm³/mol. The largest absolute Gasteiger partial charge is 0.372 e. The highest BCUT2D eigenvalue weighted by Crippen LogP contribution is 2.22. The van der Waals surface area contributed by atoms with Gasteiger partial charge in [-0.05, 0) is 31.2 Å². The van der Waals surface area contributed by atoms with E-state index in [2.05, 4.69) is 0 Å². The molecule has 0 spiro atoms. The second-order valence-corrected chi connectivity index (χ2v) is 3.60. The molecule has 4 heteroatoms. The quantitative estimate of drug-likeness (QED) is 0.837. The lowest BCUT2D eigenvalue weighted by atomic mass is 10.2. The molecule has 0 aliphatic heterocycles. The Morgan fingerprint density at radius 2 is 2.21 bits per heavy atom. The van der Waals surface area contributed by atoms with Crippen molar-refractivity contribution in [3.8, 4) is 0 Å². The number of nitrogens with two attached hydrogens (primary N) is 1. The fraction of sp³-hybridized carbons (Fsp3) is 0.400. The van der Waals surface area contributed by atoms with E-state index in [0.29, 0.717) is 17.3 Å². The van der Waals surface area contributed by atoms with Gasteiger partial charge >= 0.3 is 0 Å². The van der Waals surface area contributed by atoms with Crippen LogP contribution in [0.3, 0.4) is 0 Å². The summed E-state index contributed by atoms with van der Waals surface area (Å²) in [6, 6.07) is 4.53. The van der Waals surface area contributed by atoms with E-state index in [9.17, 15) is 4.39 Å². The molecule has 0 saturated heterocycles. The maximum Gasteiger partial charge on any atom is 0.146 e. The zero-order valence-corrected chi connectivity index (χ0v) is 8.89. The van der Waals surface area contributed by atoms with Crippen LogP contribution in [0.25, 0.3) is 0 Å². The second kappa shape index (κ2) is 5.17. The van der Waals surface area contributed by atoms with E-state index in [4.69, 9.17) is 17.3 Å². The van der Waals surface area contributed by atoms with Crippen molar-refractivity contribution in [2.24, 2.45) is 5.73 Å². The zero-order chi connectivity index (χ0) is 10.6. The van der Waals surface area contributed by atoms with Crippen LogP contribution in [0.1, 0.15) is 6.42 Å². The van der Waals surface area contributed by atoms with Crippen LogP contribution in [-0.4, -0.2) is 20.1 Å².